The molecule has 2 nitrogen and oxygen atoms in total. The van der Waals surface area contributed by atoms with Crippen LogP contribution in [0.5, 0.6) is 0 Å². The van der Waals surface area contributed by atoms with E-state index in [2.05, 4.69) is 5.32 Å². The Hall–Kier alpha value is -1.38. The molecule has 1 unspecified atom stereocenters. The maximum absolute atomic E-state index is 13.3. The first kappa shape index (κ1) is 8.23. The van der Waals surface area contributed by atoms with Crippen LogP contribution in [0.1, 0.15) is 18.4 Å². The van der Waals surface area contributed by atoms with Crippen molar-refractivity contribution in [3.8, 4) is 0 Å². The molecule has 0 radical (unpaired) electrons. The van der Waals surface area contributed by atoms with Gasteiger partial charge in [0.25, 0.3) is 0 Å². The predicted molar refractivity (Wildman–Crippen MR) is 48.3 cm³/mol. The highest BCUT2D eigenvalue weighted by Crippen LogP contribution is 2.33. The first-order valence-electron chi connectivity index (χ1n) is 4.23. The van der Waals surface area contributed by atoms with Crippen molar-refractivity contribution >= 4 is 11.5 Å². The lowest BCUT2D eigenvalue weighted by Gasteiger charge is -2.05. The van der Waals surface area contributed by atoms with Gasteiger partial charge in [0.15, 0.2) is 0 Å². The largest absolute Gasteiger partial charge is 0.384 e. The van der Waals surface area contributed by atoms with Gasteiger partial charge in [-0.3, -0.25) is 4.79 Å². The van der Waals surface area contributed by atoms with Crippen LogP contribution in [0.15, 0.2) is 18.2 Å². The molecule has 0 amide bonds. The van der Waals surface area contributed by atoms with E-state index in [1.165, 1.54) is 13.0 Å². The van der Waals surface area contributed by atoms with Crippen molar-refractivity contribution in [2.24, 2.45) is 0 Å². The Morgan fingerprint density at radius 1 is 1.62 bits per heavy atom. The minimum atomic E-state index is -0.309. The van der Waals surface area contributed by atoms with E-state index in [0.717, 1.165) is 5.69 Å². The van der Waals surface area contributed by atoms with Crippen LogP contribution in [0.3, 0.4) is 0 Å². The Labute approximate surface area is 75.8 Å². The van der Waals surface area contributed by atoms with Crippen LogP contribution >= 0.6 is 0 Å². The van der Waals surface area contributed by atoms with E-state index >= 15 is 0 Å². The molecule has 1 aliphatic rings. The second-order valence-corrected chi connectivity index (χ2v) is 3.25. The lowest BCUT2D eigenvalue weighted by atomic mass is 9.97. The number of carbonyl (C=O) groups is 1. The Kier molecular flexibility index (Phi) is 1.79. The molecule has 1 aliphatic heterocycles. The summed E-state index contributed by atoms with van der Waals surface area (Å²) in [5, 5.41) is 3.01. The van der Waals surface area contributed by atoms with Crippen LogP contribution in [0.2, 0.25) is 0 Å². The fourth-order valence-corrected chi connectivity index (χ4v) is 1.71. The summed E-state index contributed by atoms with van der Waals surface area (Å²) in [5.41, 5.74) is 1.27. The molecule has 2 rings (SSSR count). The summed E-state index contributed by atoms with van der Waals surface area (Å²) in [7, 11) is 0. The van der Waals surface area contributed by atoms with Crippen molar-refractivity contribution in [2.45, 2.75) is 12.8 Å². The third-order valence-corrected chi connectivity index (χ3v) is 2.39. The van der Waals surface area contributed by atoms with Gasteiger partial charge in [0, 0.05) is 17.8 Å². The van der Waals surface area contributed by atoms with Crippen molar-refractivity contribution in [3.05, 3.63) is 29.6 Å². The van der Waals surface area contributed by atoms with Crippen molar-refractivity contribution in [1.29, 1.82) is 0 Å². The summed E-state index contributed by atoms with van der Waals surface area (Å²) in [4.78, 5) is 11.2. The zero-order valence-electron chi connectivity index (χ0n) is 7.30. The molecule has 1 heterocycles. The number of halogens is 1. The summed E-state index contributed by atoms with van der Waals surface area (Å²) in [6, 6.07) is 4.83. The Morgan fingerprint density at radius 2 is 2.38 bits per heavy atom. The number of ketones is 1. The van der Waals surface area contributed by atoms with Crippen molar-refractivity contribution < 1.29 is 9.18 Å². The van der Waals surface area contributed by atoms with Gasteiger partial charge in [-0.1, -0.05) is 6.07 Å². The number of hydrogen-bond acceptors (Lipinski definition) is 2. The monoisotopic (exact) mass is 179 g/mol. The Balaban J connectivity index is 2.52. The second kappa shape index (κ2) is 2.83. The van der Waals surface area contributed by atoms with Gasteiger partial charge < -0.3 is 5.32 Å². The summed E-state index contributed by atoms with van der Waals surface area (Å²) in [6.07, 6.45) is 0. The van der Waals surface area contributed by atoms with Gasteiger partial charge in [-0.25, -0.2) is 4.39 Å². The highest BCUT2D eigenvalue weighted by Gasteiger charge is 2.28. The molecule has 0 saturated heterocycles. The molecule has 13 heavy (non-hydrogen) atoms. The van der Waals surface area contributed by atoms with Gasteiger partial charge in [0.2, 0.25) is 0 Å². The van der Waals surface area contributed by atoms with Crippen molar-refractivity contribution in [2.75, 3.05) is 11.9 Å². The van der Waals surface area contributed by atoms with Gasteiger partial charge in [-0.2, -0.15) is 0 Å². The van der Waals surface area contributed by atoms with Crippen LogP contribution in [-0.2, 0) is 4.79 Å². The van der Waals surface area contributed by atoms with E-state index in [-0.39, 0.29) is 17.5 Å². The van der Waals surface area contributed by atoms with Crippen LogP contribution < -0.4 is 5.32 Å². The van der Waals surface area contributed by atoms with E-state index in [1.54, 1.807) is 12.1 Å². The molecule has 68 valence electrons. The molecule has 3 heteroatoms. The summed E-state index contributed by atoms with van der Waals surface area (Å²) in [5.74, 6) is -0.588. The first-order valence-corrected chi connectivity index (χ1v) is 4.23. The maximum atomic E-state index is 13.3. The van der Waals surface area contributed by atoms with E-state index in [0.29, 0.717) is 12.1 Å². The van der Waals surface area contributed by atoms with Gasteiger partial charge in [0.05, 0.1) is 5.92 Å². The minimum absolute atomic E-state index is 0.0105. The fraction of sp³-hybridized carbons (Fsp3) is 0.300. The fourth-order valence-electron chi connectivity index (χ4n) is 1.71. The Morgan fingerprint density at radius 3 is 3.08 bits per heavy atom. The molecule has 0 fully saturated rings. The van der Waals surface area contributed by atoms with Crippen LogP contribution in [0.4, 0.5) is 10.1 Å². The SMILES string of the molecule is CC(=O)C1CNc2cccc(F)c21. The lowest BCUT2D eigenvalue weighted by Crippen LogP contribution is -2.11. The third kappa shape index (κ3) is 1.20. The topological polar surface area (TPSA) is 29.1 Å². The summed E-state index contributed by atoms with van der Waals surface area (Å²) < 4.78 is 13.3. The molecule has 0 aromatic heterocycles. The van der Waals surface area contributed by atoms with Crippen LogP contribution in [-0.4, -0.2) is 12.3 Å². The number of Topliss-reactive ketones (excluding diaryl/α,β-unsaturated/α-hetero) is 1. The molecule has 0 aliphatic carbocycles. The molecule has 1 N–H and O–H groups in total. The number of carbonyl (C=O) groups excluding carboxylic acids is 1. The van der Waals surface area contributed by atoms with E-state index in [9.17, 15) is 9.18 Å². The highest BCUT2D eigenvalue weighted by atomic mass is 19.1. The molecule has 1 atom stereocenters. The summed E-state index contributed by atoms with van der Waals surface area (Å²) in [6.45, 7) is 2.01. The lowest BCUT2D eigenvalue weighted by molar-refractivity contribution is -0.118. The normalized spacial score (nSPS) is 19.4. The molecule has 0 spiro atoms. The molecule has 1 aromatic rings. The summed E-state index contributed by atoms with van der Waals surface area (Å²) >= 11 is 0. The number of anilines is 1. The molecule has 0 saturated carbocycles. The van der Waals surface area contributed by atoms with E-state index in [4.69, 9.17) is 0 Å². The molecular weight excluding hydrogens is 169 g/mol. The van der Waals surface area contributed by atoms with Crippen molar-refractivity contribution in [1.82, 2.24) is 0 Å². The third-order valence-electron chi connectivity index (χ3n) is 2.39. The number of fused-ring (bicyclic) bond motifs is 1. The number of nitrogens with one attached hydrogen (secondary N) is 1. The maximum Gasteiger partial charge on any atom is 0.139 e. The molecular formula is C10H10FNO. The number of benzene rings is 1. The number of rotatable bonds is 1. The predicted octanol–water partition coefficient (Wildman–Crippen LogP) is 1.92. The van der Waals surface area contributed by atoms with Gasteiger partial charge in [-0.15, -0.1) is 0 Å². The minimum Gasteiger partial charge on any atom is -0.384 e. The molecule has 0 bridgehead atoms. The first-order chi connectivity index (χ1) is 6.20. The Bertz CT molecular complexity index is 362. The van der Waals surface area contributed by atoms with E-state index in [1.807, 2.05) is 0 Å². The van der Waals surface area contributed by atoms with Gasteiger partial charge in [-0.05, 0) is 19.1 Å². The zero-order valence-corrected chi connectivity index (χ0v) is 7.30. The van der Waals surface area contributed by atoms with Gasteiger partial charge >= 0.3 is 0 Å². The highest BCUT2D eigenvalue weighted by molar-refractivity contribution is 5.88. The number of hydrogen-bond donors (Lipinski definition) is 1. The van der Waals surface area contributed by atoms with Crippen LogP contribution in [0, 0.1) is 5.82 Å². The molecule has 1 aromatic carbocycles. The average molecular weight is 179 g/mol. The smallest absolute Gasteiger partial charge is 0.139 e. The quantitative estimate of drug-likeness (QED) is 0.713. The van der Waals surface area contributed by atoms with Gasteiger partial charge in [0.1, 0.15) is 11.6 Å². The average Bonchev–Trinajstić information content (AvgIpc) is 2.49. The van der Waals surface area contributed by atoms with E-state index < -0.39 is 0 Å². The van der Waals surface area contributed by atoms with Crippen molar-refractivity contribution in [3.63, 3.8) is 0 Å². The zero-order chi connectivity index (χ0) is 9.42. The van der Waals surface area contributed by atoms with Crippen LogP contribution in [0.25, 0.3) is 0 Å². The standard InChI is InChI=1S/C10H10FNO/c1-6(13)7-5-12-9-4-2-3-8(11)10(7)9/h2-4,7,12H,5H2,1H3. The second-order valence-electron chi connectivity index (χ2n) is 3.25.